The molecule has 0 aliphatic carbocycles. The maximum atomic E-state index is 4.47. The van der Waals surface area contributed by atoms with Crippen LogP contribution in [-0.4, -0.2) is 6.21 Å². The molecule has 0 amide bonds. The van der Waals surface area contributed by atoms with Gasteiger partial charge in [-0.05, 0) is 36.4 Å². The summed E-state index contributed by atoms with van der Waals surface area (Å²) in [6.45, 7) is 0. The van der Waals surface area contributed by atoms with Gasteiger partial charge in [-0.25, -0.2) is 5.01 Å². The number of hydrogen-bond donors (Lipinski definition) is 0. The predicted octanol–water partition coefficient (Wildman–Crippen LogP) is 4.60. The summed E-state index contributed by atoms with van der Waals surface area (Å²) in [4.78, 5) is 0. The molecule has 2 aromatic carbocycles. The molecule has 0 spiro atoms. The second-order valence-corrected chi connectivity index (χ2v) is 4.89. The molecule has 0 unspecified atom stereocenters. The highest BCUT2D eigenvalue weighted by atomic mass is 79.9. The Morgan fingerprint density at radius 2 is 1.72 bits per heavy atom. The Hall–Kier alpha value is -1.87. The molecule has 0 N–H and O–H groups in total. The molecule has 3 heteroatoms. The van der Waals surface area contributed by atoms with Gasteiger partial charge >= 0.3 is 0 Å². The summed E-state index contributed by atoms with van der Waals surface area (Å²) in [5.74, 6) is 0. The van der Waals surface area contributed by atoms with Crippen molar-refractivity contribution < 1.29 is 0 Å². The lowest BCUT2D eigenvalue weighted by atomic mass is 10.1. The Morgan fingerprint density at radius 1 is 0.944 bits per heavy atom. The van der Waals surface area contributed by atoms with E-state index in [0.717, 1.165) is 21.4 Å². The molecule has 1 aliphatic heterocycles. The molecule has 88 valence electrons. The molecule has 1 aliphatic rings. The minimum atomic E-state index is 1.05. The normalized spacial score (nSPS) is 13.3. The maximum Gasteiger partial charge on any atom is 0.0724 e. The van der Waals surface area contributed by atoms with Crippen LogP contribution in [0.1, 0.15) is 5.56 Å². The fourth-order valence-electron chi connectivity index (χ4n) is 1.92. The van der Waals surface area contributed by atoms with E-state index in [9.17, 15) is 0 Å². The number of para-hydroxylation sites is 1. The Balaban J connectivity index is 2.10. The maximum absolute atomic E-state index is 4.47. The smallest absolute Gasteiger partial charge is 0.0724 e. The van der Waals surface area contributed by atoms with E-state index in [1.165, 1.54) is 0 Å². The van der Waals surface area contributed by atoms with Crippen LogP contribution in [0.5, 0.6) is 0 Å². The van der Waals surface area contributed by atoms with Crippen LogP contribution >= 0.6 is 15.9 Å². The second-order valence-electron chi connectivity index (χ2n) is 3.97. The van der Waals surface area contributed by atoms with Gasteiger partial charge in [0.15, 0.2) is 0 Å². The first-order valence-corrected chi connectivity index (χ1v) is 6.49. The van der Waals surface area contributed by atoms with Crippen molar-refractivity contribution in [3.63, 3.8) is 0 Å². The number of benzene rings is 2. The van der Waals surface area contributed by atoms with E-state index in [0.29, 0.717) is 0 Å². The summed E-state index contributed by atoms with van der Waals surface area (Å²) in [5, 5.41) is 6.42. The van der Waals surface area contributed by atoms with E-state index in [4.69, 9.17) is 0 Å². The SMILES string of the molecule is Brc1ccc(N2N=CC=Cc3ccccc32)cc1. The average molecular weight is 299 g/mol. The van der Waals surface area contributed by atoms with Crippen molar-refractivity contribution in [3.8, 4) is 0 Å². The molecule has 0 aromatic heterocycles. The molecular weight excluding hydrogens is 288 g/mol. The molecule has 0 fully saturated rings. The molecule has 0 saturated heterocycles. The molecule has 3 rings (SSSR count). The largest absolute Gasteiger partial charge is 0.233 e. The number of fused-ring (bicyclic) bond motifs is 1. The van der Waals surface area contributed by atoms with E-state index in [-0.39, 0.29) is 0 Å². The zero-order chi connectivity index (χ0) is 12.4. The first-order chi connectivity index (χ1) is 8.84. The molecule has 0 saturated carbocycles. The number of hydrogen-bond acceptors (Lipinski definition) is 2. The Kier molecular flexibility index (Phi) is 2.99. The van der Waals surface area contributed by atoms with Crippen molar-refractivity contribution in [1.82, 2.24) is 0 Å². The highest BCUT2D eigenvalue weighted by Gasteiger charge is 2.11. The average Bonchev–Trinajstić information content (AvgIpc) is 2.62. The molecule has 0 atom stereocenters. The van der Waals surface area contributed by atoms with Crippen LogP contribution in [0.4, 0.5) is 11.4 Å². The summed E-state index contributed by atoms with van der Waals surface area (Å²) in [6, 6.07) is 16.4. The summed E-state index contributed by atoms with van der Waals surface area (Å²) in [5.41, 5.74) is 3.30. The van der Waals surface area contributed by atoms with Crippen molar-refractivity contribution in [2.45, 2.75) is 0 Å². The van der Waals surface area contributed by atoms with Crippen LogP contribution < -0.4 is 5.01 Å². The predicted molar refractivity (Wildman–Crippen MR) is 80.2 cm³/mol. The van der Waals surface area contributed by atoms with Gasteiger partial charge in [-0.2, -0.15) is 5.10 Å². The Bertz CT molecular complexity index is 615. The molecule has 1 heterocycles. The molecule has 2 nitrogen and oxygen atoms in total. The second kappa shape index (κ2) is 4.78. The van der Waals surface area contributed by atoms with Crippen molar-refractivity contribution >= 4 is 39.6 Å². The Labute approximate surface area is 114 Å². The number of rotatable bonds is 1. The third-order valence-electron chi connectivity index (χ3n) is 2.78. The van der Waals surface area contributed by atoms with Gasteiger partial charge in [0.25, 0.3) is 0 Å². The fourth-order valence-corrected chi connectivity index (χ4v) is 2.19. The van der Waals surface area contributed by atoms with E-state index in [2.05, 4.69) is 39.2 Å². The summed E-state index contributed by atoms with van der Waals surface area (Å²) >= 11 is 3.45. The molecule has 2 aromatic rings. The monoisotopic (exact) mass is 298 g/mol. The quantitative estimate of drug-likeness (QED) is 0.751. The van der Waals surface area contributed by atoms with Gasteiger partial charge in [-0.1, -0.05) is 40.2 Å². The highest BCUT2D eigenvalue weighted by molar-refractivity contribution is 9.10. The standard InChI is InChI=1S/C15H11BrN2/c16-13-7-9-14(10-8-13)18-15-6-2-1-4-12(15)5-3-11-17-18/h1-11H. The van der Waals surface area contributed by atoms with Crippen LogP contribution in [-0.2, 0) is 0 Å². The van der Waals surface area contributed by atoms with Crippen molar-refractivity contribution in [2.24, 2.45) is 5.10 Å². The minimum absolute atomic E-state index is 1.05. The number of anilines is 2. The minimum Gasteiger partial charge on any atom is -0.233 e. The lowest BCUT2D eigenvalue weighted by Gasteiger charge is -2.20. The molecule has 18 heavy (non-hydrogen) atoms. The zero-order valence-corrected chi connectivity index (χ0v) is 11.2. The third kappa shape index (κ3) is 2.09. The highest BCUT2D eigenvalue weighted by Crippen LogP contribution is 2.31. The lowest BCUT2D eigenvalue weighted by Crippen LogP contribution is -2.09. The topological polar surface area (TPSA) is 15.6 Å². The number of nitrogens with zero attached hydrogens (tertiary/aromatic N) is 2. The van der Waals surface area contributed by atoms with E-state index in [1.54, 1.807) is 0 Å². The fraction of sp³-hybridized carbons (Fsp3) is 0. The first kappa shape index (κ1) is 11.2. The molecule has 0 radical (unpaired) electrons. The Morgan fingerprint density at radius 3 is 2.56 bits per heavy atom. The zero-order valence-electron chi connectivity index (χ0n) is 9.62. The van der Waals surface area contributed by atoms with Crippen molar-refractivity contribution in [1.29, 1.82) is 0 Å². The van der Waals surface area contributed by atoms with E-state index >= 15 is 0 Å². The molecular formula is C15H11BrN2. The van der Waals surface area contributed by atoms with Gasteiger partial charge in [0.05, 0.1) is 11.4 Å². The van der Waals surface area contributed by atoms with Gasteiger partial charge < -0.3 is 0 Å². The number of hydrazone groups is 1. The van der Waals surface area contributed by atoms with Crippen molar-refractivity contribution in [2.75, 3.05) is 5.01 Å². The number of halogens is 1. The number of allylic oxidation sites excluding steroid dienone is 1. The first-order valence-electron chi connectivity index (χ1n) is 5.70. The lowest BCUT2D eigenvalue weighted by molar-refractivity contribution is 1.09. The van der Waals surface area contributed by atoms with Gasteiger partial charge in [-0.3, -0.25) is 0 Å². The summed E-state index contributed by atoms with van der Waals surface area (Å²) in [6.07, 6.45) is 5.83. The van der Waals surface area contributed by atoms with E-state index in [1.807, 2.05) is 53.7 Å². The van der Waals surface area contributed by atoms with Crippen LogP contribution in [0.25, 0.3) is 6.08 Å². The van der Waals surface area contributed by atoms with Crippen LogP contribution in [0.15, 0.2) is 64.2 Å². The van der Waals surface area contributed by atoms with Crippen molar-refractivity contribution in [3.05, 3.63) is 64.6 Å². The van der Waals surface area contributed by atoms with Crippen LogP contribution in [0.2, 0.25) is 0 Å². The third-order valence-corrected chi connectivity index (χ3v) is 3.31. The van der Waals surface area contributed by atoms with Crippen LogP contribution in [0, 0.1) is 0 Å². The van der Waals surface area contributed by atoms with Gasteiger partial charge in [0.2, 0.25) is 0 Å². The van der Waals surface area contributed by atoms with Crippen LogP contribution in [0.3, 0.4) is 0 Å². The summed E-state index contributed by atoms with van der Waals surface area (Å²) < 4.78 is 1.07. The van der Waals surface area contributed by atoms with E-state index < -0.39 is 0 Å². The van der Waals surface area contributed by atoms with Gasteiger partial charge in [0, 0.05) is 16.3 Å². The van der Waals surface area contributed by atoms with Gasteiger partial charge in [0.1, 0.15) is 0 Å². The summed E-state index contributed by atoms with van der Waals surface area (Å²) in [7, 11) is 0. The van der Waals surface area contributed by atoms with Gasteiger partial charge in [-0.15, -0.1) is 0 Å². The molecule has 0 bridgehead atoms.